The van der Waals surface area contributed by atoms with Gasteiger partial charge in [0.25, 0.3) is 0 Å². The number of hydrogen-bond acceptors (Lipinski definition) is 3. The minimum absolute atomic E-state index is 0.182. The van der Waals surface area contributed by atoms with Gasteiger partial charge < -0.3 is 9.69 Å². The average molecular weight is 1210 g/mol. The van der Waals surface area contributed by atoms with Gasteiger partial charge in [-0.15, -0.1) is 0 Å². The topological polar surface area (TPSA) is 47.4 Å². The van der Waals surface area contributed by atoms with Crippen molar-refractivity contribution in [1.29, 1.82) is 0 Å². The molecule has 2 aliphatic carbocycles. The molecule has 1 fully saturated rings. The summed E-state index contributed by atoms with van der Waals surface area (Å²) in [6, 6.07) is 49.4. The maximum atomic E-state index is 9.50. The van der Waals surface area contributed by atoms with Gasteiger partial charge in [-0.05, 0) is 111 Å². The van der Waals surface area contributed by atoms with Gasteiger partial charge in [0.05, 0.1) is 14.4 Å². The first-order valence-electron chi connectivity index (χ1n) is 30.9. The van der Waals surface area contributed by atoms with Crippen LogP contribution in [0.4, 0.5) is 8.78 Å². The lowest BCUT2D eigenvalue weighted by Gasteiger charge is -2.18. The minimum Gasteiger partial charge on any atom is -0.320 e. The highest BCUT2D eigenvalue weighted by molar-refractivity contribution is 5.24. The van der Waals surface area contributed by atoms with Crippen molar-refractivity contribution in [2.45, 2.75) is 226 Å². The summed E-state index contributed by atoms with van der Waals surface area (Å²) in [4.78, 5) is 17.8. The third-order valence-corrected chi connectivity index (χ3v) is 10.8. The fourth-order valence-electron chi connectivity index (χ4n) is 6.08. The zero-order valence-electron chi connectivity index (χ0n) is 61.7. The van der Waals surface area contributed by atoms with Crippen LogP contribution in [0.5, 0.6) is 0 Å². The molecule has 8 rings (SSSR count). The second-order valence-corrected chi connectivity index (χ2v) is 30.0. The Morgan fingerprint density at radius 2 is 0.557 bits per heavy atom. The van der Waals surface area contributed by atoms with Crippen molar-refractivity contribution in [1.82, 2.24) is 15.0 Å². The van der Waals surface area contributed by atoms with E-state index in [-0.39, 0.29) is 10.8 Å². The quantitative estimate of drug-likeness (QED) is 0.142. The van der Waals surface area contributed by atoms with Gasteiger partial charge >= 0.3 is 0 Å². The SMILES string of the molecule is C1=CCC=C1.CC(C)(C)C.CC(C)(C)C.CC(C)(C)C1CC1.CC(C)(C)c1ccccc1.CC(C)(C)c1ccccc1.CC(C)(C)c1ccccc1.CC(C)(C)c1ccccn1.CC(C)(C)c1ccccn1.CF.CF.[C-]#[N+]C.[C-]#[N+]C.c1ccncc1. The van der Waals surface area contributed by atoms with E-state index in [0.717, 1.165) is 23.7 Å². The van der Waals surface area contributed by atoms with E-state index in [1.807, 2.05) is 54.9 Å². The van der Waals surface area contributed by atoms with Crippen LogP contribution in [0, 0.1) is 35.3 Å². The Bertz CT molecular complexity index is 2200. The van der Waals surface area contributed by atoms with E-state index in [4.69, 9.17) is 13.1 Å². The highest BCUT2D eigenvalue weighted by atomic mass is 19.1. The molecule has 6 aromatic rings. The van der Waals surface area contributed by atoms with Gasteiger partial charge in [-0.1, -0.05) is 314 Å². The van der Waals surface area contributed by atoms with Crippen molar-refractivity contribution in [3.05, 3.63) is 246 Å². The Hall–Kier alpha value is -6.57. The van der Waals surface area contributed by atoms with Gasteiger partial charge in [0.15, 0.2) is 0 Å². The fourth-order valence-corrected chi connectivity index (χ4v) is 6.08. The molecule has 3 aromatic heterocycles. The molecule has 3 aromatic carbocycles. The minimum atomic E-state index is 0.182. The summed E-state index contributed by atoms with van der Waals surface area (Å²) in [5.74, 6) is 1.05. The van der Waals surface area contributed by atoms with Crippen LogP contribution in [0.2, 0.25) is 0 Å². The lowest BCUT2D eigenvalue weighted by Crippen LogP contribution is -2.12. The summed E-state index contributed by atoms with van der Waals surface area (Å²) in [5.41, 5.74) is 9.34. The summed E-state index contributed by atoms with van der Waals surface area (Å²) in [6.45, 7) is 69.1. The zero-order chi connectivity index (χ0) is 69.7. The first-order chi connectivity index (χ1) is 40.5. The van der Waals surface area contributed by atoms with Crippen LogP contribution in [0.25, 0.3) is 9.69 Å². The molecule has 2 aliphatic rings. The molecule has 7 heteroatoms. The highest BCUT2D eigenvalue weighted by Crippen LogP contribution is 2.44. The predicted octanol–water partition coefficient (Wildman–Crippen LogP) is 25.1. The van der Waals surface area contributed by atoms with Gasteiger partial charge in [-0.3, -0.25) is 23.7 Å². The van der Waals surface area contributed by atoms with E-state index in [9.17, 15) is 8.78 Å². The van der Waals surface area contributed by atoms with Crippen LogP contribution in [0.15, 0.2) is 195 Å². The number of aromatic nitrogens is 3. The Balaban J connectivity index is -0.000000211. The van der Waals surface area contributed by atoms with Crippen molar-refractivity contribution in [3.63, 3.8) is 0 Å². The maximum absolute atomic E-state index is 9.50. The molecule has 0 saturated heterocycles. The first kappa shape index (κ1) is 92.6. The molecule has 5 nitrogen and oxygen atoms in total. The molecule has 88 heavy (non-hydrogen) atoms. The number of benzene rings is 3. The molecule has 0 unspecified atom stereocenters. The molecule has 0 N–H and O–H groups in total. The first-order valence-corrected chi connectivity index (χ1v) is 30.9. The molecule has 0 bridgehead atoms. The Kier molecular flexibility index (Phi) is 54.0. The summed E-state index contributed by atoms with van der Waals surface area (Å²) in [5, 5.41) is 0. The van der Waals surface area contributed by atoms with E-state index < -0.39 is 0 Å². The van der Waals surface area contributed by atoms with Crippen molar-refractivity contribution >= 4 is 0 Å². The number of allylic oxidation sites excluding steroid dienone is 4. The molecule has 492 valence electrons. The van der Waals surface area contributed by atoms with E-state index in [1.54, 1.807) is 12.4 Å². The van der Waals surface area contributed by atoms with Gasteiger partial charge in [0, 0.05) is 47.0 Å². The molecule has 0 radical (unpaired) electrons. The second kappa shape index (κ2) is 51.3. The van der Waals surface area contributed by atoms with Crippen LogP contribution < -0.4 is 0 Å². The van der Waals surface area contributed by atoms with Crippen LogP contribution in [0.3, 0.4) is 0 Å². The number of rotatable bonds is 0. The highest BCUT2D eigenvalue weighted by Gasteiger charge is 2.33. The summed E-state index contributed by atoms with van der Waals surface area (Å²) >= 11 is 0. The van der Waals surface area contributed by atoms with Gasteiger partial charge in [-0.2, -0.15) is 0 Å². The lowest BCUT2D eigenvalue weighted by atomic mass is 9.87. The third-order valence-electron chi connectivity index (χ3n) is 10.8. The van der Waals surface area contributed by atoms with Crippen molar-refractivity contribution < 1.29 is 8.78 Å². The fraction of sp³-hybridized carbons (Fsp3) is 0.519. The summed E-state index contributed by atoms with van der Waals surface area (Å²) in [7, 11) is 3.83. The number of alkyl halides is 2. The van der Waals surface area contributed by atoms with E-state index >= 15 is 0 Å². The zero-order valence-corrected chi connectivity index (χ0v) is 61.7. The van der Waals surface area contributed by atoms with Crippen LogP contribution in [-0.4, -0.2) is 43.4 Å². The molecular weight excluding hydrogens is 1080 g/mol. The number of hydrogen-bond donors (Lipinski definition) is 0. The normalized spacial score (nSPS) is 11.6. The van der Waals surface area contributed by atoms with Gasteiger partial charge in [-0.25, -0.2) is 13.1 Å². The smallest absolute Gasteiger partial charge is 0.205 e. The predicted molar refractivity (Wildman–Crippen MR) is 390 cm³/mol. The molecule has 0 amide bonds. The lowest BCUT2D eigenvalue weighted by molar-refractivity contribution is 0.351. The Morgan fingerprint density at radius 1 is 0.341 bits per heavy atom. The van der Waals surface area contributed by atoms with Crippen LogP contribution in [-0.2, 0) is 27.1 Å². The van der Waals surface area contributed by atoms with Gasteiger partial charge in [0.1, 0.15) is 0 Å². The average Bonchev–Trinajstić information content (AvgIpc) is 3.91. The van der Waals surface area contributed by atoms with Crippen LogP contribution >= 0.6 is 0 Å². The van der Waals surface area contributed by atoms with E-state index in [1.165, 1.54) is 43.6 Å². The van der Waals surface area contributed by atoms with E-state index in [2.05, 4.69) is 332 Å². The maximum Gasteiger partial charge on any atom is 0.205 e. The van der Waals surface area contributed by atoms with E-state index in [0.29, 0.717) is 46.8 Å². The Labute approximate surface area is 543 Å². The standard InChI is InChI=1S/3C10H14.2C9H13N.C7H14.C5H5N.C5H6.2C5H12.2C2H3N.2CH3F/c3*1-10(2,3)9-7-5-4-6-8-9;2*1-9(2,3)8-6-4-5-7-10-8;1-7(2,3)6-4-5-6;1-2-4-6-5-3-1;1-2-4-5-3-1;2*1-5(2,3)4;2*1-3-2;2*1-2/h3*4-8H,1-3H3;2*4-7H,1-3H3;6H,4-5H2,1-3H3;1-5H;1-4H,5H2;2*1-4H3;2*1H3;2*1H3. The molecule has 0 spiro atoms. The Morgan fingerprint density at radius 3 is 0.648 bits per heavy atom. The molecular formula is C81H129F2N5. The van der Waals surface area contributed by atoms with Gasteiger partial charge in [0.2, 0.25) is 14.1 Å². The monoisotopic (exact) mass is 1210 g/mol. The third kappa shape index (κ3) is 70.2. The molecule has 0 aliphatic heterocycles. The molecule has 1 saturated carbocycles. The second-order valence-electron chi connectivity index (χ2n) is 30.0. The number of nitrogens with zero attached hydrogens (tertiary/aromatic N) is 5. The summed E-state index contributed by atoms with van der Waals surface area (Å²) < 4.78 is 19.0. The largest absolute Gasteiger partial charge is 0.320 e. The number of pyridine rings is 3. The van der Waals surface area contributed by atoms with Crippen molar-refractivity contribution in [3.8, 4) is 0 Å². The van der Waals surface area contributed by atoms with Crippen LogP contribution in [0.1, 0.15) is 227 Å². The number of halogens is 2. The van der Waals surface area contributed by atoms with Crippen molar-refractivity contribution in [2.75, 3.05) is 28.5 Å². The summed E-state index contributed by atoms with van der Waals surface area (Å²) in [6.07, 6.45) is 19.6. The molecule has 3 heterocycles. The molecule has 0 atom stereocenters. The van der Waals surface area contributed by atoms with Crippen molar-refractivity contribution in [2.24, 2.45) is 22.2 Å².